The Labute approximate surface area is 107 Å². The van der Waals surface area contributed by atoms with Crippen molar-refractivity contribution in [3.63, 3.8) is 0 Å². The standard InChI is InChI=1S/C13H20O5/c1-9(2)13(16)17-8-10(14)7-11-5-3-4-6-12(15)18-11/h10-11,14H,1,3-8H2,2H3. The minimum absolute atomic E-state index is 0.0975. The highest BCUT2D eigenvalue weighted by atomic mass is 16.6. The first kappa shape index (κ1) is 14.7. The molecule has 1 N–H and O–H groups in total. The lowest BCUT2D eigenvalue weighted by Gasteiger charge is -2.18. The molecule has 0 aromatic carbocycles. The van der Waals surface area contributed by atoms with Crippen LogP contribution in [0.25, 0.3) is 0 Å². The SMILES string of the molecule is C=C(C)C(=O)OCC(O)CC1CCCCC(=O)O1. The van der Waals surface area contributed by atoms with Gasteiger partial charge in [-0.25, -0.2) is 4.79 Å². The molecule has 5 heteroatoms. The lowest BCUT2D eigenvalue weighted by molar-refractivity contribution is -0.151. The summed E-state index contributed by atoms with van der Waals surface area (Å²) in [6.45, 7) is 4.89. The van der Waals surface area contributed by atoms with Gasteiger partial charge in [0.1, 0.15) is 12.7 Å². The monoisotopic (exact) mass is 256 g/mol. The van der Waals surface area contributed by atoms with E-state index in [9.17, 15) is 14.7 Å². The van der Waals surface area contributed by atoms with Crippen molar-refractivity contribution in [2.45, 2.75) is 51.2 Å². The van der Waals surface area contributed by atoms with Crippen LogP contribution in [0.15, 0.2) is 12.2 Å². The number of carbonyl (C=O) groups is 2. The van der Waals surface area contributed by atoms with E-state index in [1.54, 1.807) is 6.92 Å². The largest absolute Gasteiger partial charge is 0.462 e. The molecule has 2 atom stereocenters. The topological polar surface area (TPSA) is 72.8 Å². The molecular formula is C13H20O5. The van der Waals surface area contributed by atoms with Gasteiger partial charge in [-0.1, -0.05) is 6.58 Å². The Balaban J connectivity index is 2.30. The van der Waals surface area contributed by atoms with Crippen LogP contribution in [0.3, 0.4) is 0 Å². The van der Waals surface area contributed by atoms with Gasteiger partial charge in [0, 0.05) is 18.4 Å². The molecule has 0 spiro atoms. The molecule has 102 valence electrons. The molecule has 0 amide bonds. The van der Waals surface area contributed by atoms with E-state index in [0.29, 0.717) is 18.4 Å². The van der Waals surface area contributed by atoms with Crippen LogP contribution in [0, 0.1) is 0 Å². The highest BCUT2D eigenvalue weighted by Crippen LogP contribution is 2.18. The molecular weight excluding hydrogens is 236 g/mol. The van der Waals surface area contributed by atoms with E-state index < -0.39 is 12.1 Å². The fourth-order valence-electron chi connectivity index (χ4n) is 1.78. The second-order valence-corrected chi connectivity index (χ2v) is 4.63. The van der Waals surface area contributed by atoms with Gasteiger partial charge in [0.2, 0.25) is 0 Å². The Morgan fingerprint density at radius 3 is 3.00 bits per heavy atom. The maximum atomic E-state index is 11.2. The normalized spacial score (nSPS) is 21.7. The van der Waals surface area contributed by atoms with Crippen molar-refractivity contribution in [3.8, 4) is 0 Å². The molecule has 2 unspecified atom stereocenters. The summed E-state index contributed by atoms with van der Waals surface area (Å²) in [7, 11) is 0. The Morgan fingerprint density at radius 2 is 2.33 bits per heavy atom. The summed E-state index contributed by atoms with van der Waals surface area (Å²) in [5, 5.41) is 9.71. The number of esters is 2. The third kappa shape index (κ3) is 5.31. The molecule has 0 bridgehead atoms. The lowest BCUT2D eigenvalue weighted by atomic mass is 10.1. The molecule has 5 nitrogen and oxygen atoms in total. The molecule has 1 aliphatic heterocycles. The summed E-state index contributed by atoms with van der Waals surface area (Å²) >= 11 is 0. The first-order valence-corrected chi connectivity index (χ1v) is 6.19. The third-order valence-corrected chi connectivity index (χ3v) is 2.75. The Bertz CT molecular complexity index is 323. The van der Waals surface area contributed by atoms with E-state index in [4.69, 9.17) is 9.47 Å². The van der Waals surface area contributed by atoms with Gasteiger partial charge in [-0.05, 0) is 26.2 Å². The molecule has 0 saturated carbocycles. The van der Waals surface area contributed by atoms with E-state index in [0.717, 1.165) is 19.3 Å². The smallest absolute Gasteiger partial charge is 0.333 e. The van der Waals surface area contributed by atoms with E-state index >= 15 is 0 Å². The van der Waals surface area contributed by atoms with Crippen molar-refractivity contribution in [2.24, 2.45) is 0 Å². The van der Waals surface area contributed by atoms with Crippen molar-refractivity contribution >= 4 is 11.9 Å². The first-order valence-electron chi connectivity index (χ1n) is 6.19. The maximum absolute atomic E-state index is 11.2. The number of carbonyl (C=O) groups excluding carboxylic acids is 2. The van der Waals surface area contributed by atoms with Crippen molar-refractivity contribution in [1.82, 2.24) is 0 Å². The number of aliphatic hydroxyl groups is 1. The van der Waals surface area contributed by atoms with Gasteiger partial charge in [0.25, 0.3) is 0 Å². The average Bonchev–Trinajstić information content (AvgIpc) is 2.50. The van der Waals surface area contributed by atoms with Gasteiger partial charge >= 0.3 is 11.9 Å². The van der Waals surface area contributed by atoms with E-state index in [1.807, 2.05) is 0 Å². The van der Waals surface area contributed by atoms with Crippen molar-refractivity contribution in [2.75, 3.05) is 6.61 Å². The molecule has 1 fully saturated rings. The zero-order valence-electron chi connectivity index (χ0n) is 10.7. The Morgan fingerprint density at radius 1 is 1.61 bits per heavy atom. The Kier molecular flexibility index (Phi) is 5.85. The maximum Gasteiger partial charge on any atom is 0.333 e. The van der Waals surface area contributed by atoms with Gasteiger partial charge in [-0.2, -0.15) is 0 Å². The predicted octanol–water partition coefficient (Wildman–Crippen LogP) is 1.34. The van der Waals surface area contributed by atoms with Crippen LogP contribution < -0.4 is 0 Å². The van der Waals surface area contributed by atoms with Crippen LogP contribution >= 0.6 is 0 Å². The molecule has 1 aliphatic rings. The number of hydrogen-bond acceptors (Lipinski definition) is 5. The zero-order chi connectivity index (χ0) is 13.5. The summed E-state index contributed by atoms with van der Waals surface area (Å²) in [6.07, 6.45) is 2.14. The molecule has 18 heavy (non-hydrogen) atoms. The minimum Gasteiger partial charge on any atom is -0.462 e. The first-order chi connectivity index (χ1) is 8.49. The number of hydrogen-bond donors (Lipinski definition) is 1. The van der Waals surface area contributed by atoms with Crippen molar-refractivity contribution < 1.29 is 24.2 Å². The zero-order valence-corrected chi connectivity index (χ0v) is 10.7. The van der Waals surface area contributed by atoms with Gasteiger partial charge in [0.05, 0.1) is 6.10 Å². The molecule has 1 rings (SSSR count). The fourth-order valence-corrected chi connectivity index (χ4v) is 1.78. The van der Waals surface area contributed by atoms with Gasteiger partial charge < -0.3 is 14.6 Å². The Hall–Kier alpha value is -1.36. The lowest BCUT2D eigenvalue weighted by Crippen LogP contribution is -2.26. The quantitative estimate of drug-likeness (QED) is 0.593. The van der Waals surface area contributed by atoms with Crippen LogP contribution in [-0.4, -0.2) is 35.9 Å². The van der Waals surface area contributed by atoms with E-state index in [1.165, 1.54) is 0 Å². The fraction of sp³-hybridized carbons (Fsp3) is 0.692. The van der Waals surface area contributed by atoms with Gasteiger partial charge in [0.15, 0.2) is 0 Å². The molecule has 1 heterocycles. The molecule has 0 aromatic rings. The summed E-state index contributed by atoms with van der Waals surface area (Å²) in [4.78, 5) is 22.4. The average molecular weight is 256 g/mol. The van der Waals surface area contributed by atoms with Crippen LogP contribution in [0.2, 0.25) is 0 Å². The van der Waals surface area contributed by atoms with Crippen molar-refractivity contribution in [1.29, 1.82) is 0 Å². The van der Waals surface area contributed by atoms with Gasteiger partial charge in [-0.15, -0.1) is 0 Å². The summed E-state index contributed by atoms with van der Waals surface area (Å²) < 4.78 is 10.0. The predicted molar refractivity (Wildman–Crippen MR) is 64.7 cm³/mol. The number of rotatable bonds is 5. The highest BCUT2D eigenvalue weighted by molar-refractivity contribution is 5.86. The van der Waals surface area contributed by atoms with Gasteiger partial charge in [-0.3, -0.25) is 4.79 Å². The van der Waals surface area contributed by atoms with Crippen LogP contribution in [0.5, 0.6) is 0 Å². The molecule has 0 aromatic heterocycles. The minimum atomic E-state index is -0.816. The third-order valence-electron chi connectivity index (χ3n) is 2.75. The van der Waals surface area contributed by atoms with E-state index in [2.05, 4.69) is 6.58 Å². The molecule has 0 radical (unpaired) electrons. The van der Waals surface area contributed by atoms with Crippen LogP contribution in [-0.2, 0) is 19.1 Å². The highest BCUT2D eigenvalue weighted by Gasteiger charge is 2.22. The van der Waals surface area contributed by atoms with Crippen LogP contribution in [0.1, 0.15) is 39.0 Å². The summed E-state index contributed by atoms with van der Waals surface area (Å²) in [5.74, 6) is -0.740. The summed E-state index contributed by atoms with van der Waals surface area (Å²) in [5.41, 5.74) is 0.295. The second kappa shape index (κ2) is 7.16. The van der Waals surface area contributed by atoms with Crippen molar-refractivity contribution in [3.05, 3.63) is 12.2 Å². The number of ether oxygens (including phenoxy) is 2. The summed E-state index contributed by atoms with van der Waals surface area (Å²) in [6, 6.07) is 0. The number of cyclic esters (lactones) is 1. The second-order valence-electron chi connectivity index (χ2n) is 4.63. The van der Waals surface area contributed by atoms with Crippen LogP contribution in [0.4, 0.5) is 0 Å². The molecule has 0 aliphatic carbocycles. The van der Waals surface area contributed by atoms with E-state index in [-0.39, 0.29) is 18.7 Å². The number of aliphatic hydroxyl groups excluding tert-OH is 1. The molecule has 1 saturated heterocycles.